The van der Waals surface area contributed by atoms with Crippen molar-refractivity contribution in [2.45, 2.75) is 17.9 Å². The topological polar surface area (TPSA) is 84.5 Å². The van der Waals surface area contributed by atoms with Crippen LogP contribution in [0.3, 0.4) is 0 Å². The van der Waals surface area contributed by atoms with Gasteiger partial charge in [0.2, 0.25) is 0 Å². The zero-order valence-electron chi connectivity index (χ0n) is 13.4. The second-order valence-corrected chi connectivity index (χ2v) is 6.05. The van der Waals surface area contributed by atoms with E-state index in [9.17, 15) is 14.4 Å². The Hall–Kier alpha value is -2.54. The van der Waals surface area contributed by atoms with Gasteiger partial charge in [-0.05, 0) is 29.8 Å². The predicted octanol–water partition coefficient (Wildman–Crippen LogP) is 2.32. The summed E-state index contributed by atoms with van der Waals surface area (Å²) in [4.78, 5) is 35.4. The number of imide groups is 1. The molecule has 0 aliphatic rings. The normalized spacial score (nSPS) is 11.6. The fraction of sp³-hybridized carbons (Fsp3) is 0.235. The van der Waals surface area contributed by atoms with E-state index in [1.54, 1.807) is 0 Å². The van der Waals surface area contributed by atoms with Gasteiger partial charge in [-0.3, -0.25) is 14.9 Å². The minimum absolute atomic E-state index is 0.0793. The smallest absolute Gasteiger partial charge is 0.321 e. The molecule has 2 aromatic rings. The fourth-order valence-electron chi connectivity index (χ4n) is 1.96. The minimum Gasteiger partial charge on any atom is -0.452 e. The van der Waals surface area contributed by atoms with E-state index in [1.165, 1.54) is 25.7 Å². The van der Waals surface area contributed by atoms with E-state index in [2.05, 4.69) is 10.6 Å². The molecule has 2 N–H and O–H groups in total. The van der Waals surface area contributed by atoms with Crippen LogP contribution in [0.15, 0.2) is 47.4 Å². The highest BCUT2D eigenvalue weighted by molar-refractivity contribution is 8.00. The van der Waals surface area contributed by atoms with Gasteiger partial charge in [-0.2, -0.15) is 0 Å². The van der Waals surface area contributed by atoms with Crippen molar-refractivity contribution in [1.29, 1.82) is 0 Å². The highest BCUT2D eigenvalue weighted by Gasteiger charge is 2.19. The average Bonchev–Trinajstić information content (AvgIpc) is 2.59. The van der Waals surface area contributed by atoms with Crippen LogP contribution in [-0.4, -0.2) is 36.8 Å². The molecule has 0 heterocycles. The van der Waals surface area contributed by atoms with Gasteiger partial charge in [-0.1, -0.05) is 30.3 Å². The maximum absolute atomic E-state index is 11.8. The van der Waals surface area contributed by atoms with Crippen LogP contribution >= 0.6 is 11.8 Å². The summed E-state index contributed by atoms with van der Waals surface area (Å²) >= 11 is 1.33. The number of amides is 3. The number of ether oxygens (including phenoxy) is 1. The summed E-state index contributed by atoms with van der Waals surface area (Å²) in [6.45, 7) is 1.41. The van der Waals surface area contributed by atoms with Crippen LogP contribution in [0.25, 0.3) is 10.8 Å². The first-order valence-corrected chi connectivity index (χ1v) is 8.32. The van der Waals surface area contributed by atoms with Gasteiger partial charge < -0.3 is 10.1 Å². The zero-order valence-corrected chi connectivity index (χ0v) is 14.2. The minimum atomic E-state index is -1.04. The van der Waals surface area contributed by atoms with Crippen LogP contribution in [0.2, 0.25) is 0 Å². The number of rotatable bonds is 5. The van der Waals surface area contributed by atoms with Gasteiger partial charge in [0.15, 0.2) is 6.10 Å². The molecule has 0 radical (unpaired) electrons. The summed E-state index contributed by atoms with van der Waals surface area (Å²) in [6.07, 6.45) is -1.04. The van der Waals surface area contributed by atoms with E-state index in [0.717, 1.165) is 15.7 Å². The van der Waals surface area contributed by atoms with Crippen molar-refractivity contribution in [3.8, 4) is 0 Å². The number of carbonyl (C=O) groups is 3. The molecule has 0 spiro atoms. The van der Waals surface area contributed by atoms with Gasteiger partial charge in [0.05, 0.1) is 5.75 Å². The monoisotopic (exact) mass is 346 g/mol. The maximum Gasteiger partial charge on any atom is 0.321 e. The van der Waals surface area contributed by atoms with E-state index in [4.69, 9.17) is 4.74 Å². The molecule has 3 amide bonds. The van der Waals surface area contributed by atoms with Crippen molar-refractivity contribution in [3.05, 3.63) is 42.5 Å². The summed E-state index contributed by atoms with van der Waals surface area (Å²) in [5.74, 6) is -1.11. The Morgan fingerprint density at radius 3 is 2.54 bits per heavy atom. The summed E-state index contributed by atoms with van der Waals surface area (Å²) in [7, 11) is 1.39. The van der Waals surface area contributed by atoms with E-state index in [0.29, 0.717) is 0 Å². The Morgan fingerprint density at radius 2 is 1.83 bits per heavy atom. The van der Waals surface area contributed by atoms with E-state index in [1.807, 2.05) is 42.5 Å². The Balaban J connectivity index is 1.85. The van der Waals surface area contributed by atoms with Crippen molar-refractivity contribution in [1.82, 2.24) is 10.6 Å². The quantitative estimate of drug-likeness (QED) is 0.641. The molecular formula is C17H18N2O4S. The number of nitrogens with one attached hydrogen (secondary N) is 2. The molecule has 0 saturated carbocycles. The molecule has 0 unspecified atom stereocenters. The number of hydrogen-bond acceptors (Lipinski definition) is 5. The summed E-state index contributed by atoms with van der Waals surface area (Å²) in [5.41, 5.74) is 0. The molecule has 0 aromatic heterocycles. The van der Waals surface area contributed by atoms with Gasteiger partial charge >= 0.3 is 12.0 Å². The van der Waals surface area contributed by atoms with Crippen molar-refractivity contribution in [2.75, 3.05) is 12.8 Å². The van der Waals surface area contributed by atoms with Gasteiger partial charge in [-0.25, -0.2) is 4.79 Å². The summed E-state index contributed by atoms with van der Waals surface area (Å²) in [6, 6.07) is 13.2. The Bertz CT molecular complexity index is 763. The van der Waals surface area contributed by atoms with Crippen LogP contribution in [0, 0.1) is 0 Å². The lowest BCUT2D eigenvalue weighted by atomic mass is 10.1. The molecule has 126 valence electrons. The van der Waals surface area contributed by atoms with Gasteiger partial charge in [0, 0.05) is 11.9 Å². The van der Waals surface area contributed by atoms with Crippen LogP contribution in [0.1, 0.15) is 6.92 Å². The van der Waals surface area contributed by atoms with Crippen LogP contribution in [-0.2, 0) is 14.3 Å². The molecule has 2 aromatic carbocycles. The highest BCUT2D eigenvalue weighted by atomic mass is 32.2. The van der Waals surface area contributed by atoms with Crippen molar-refractivity contribution >= 4 is 40.4 Å². The fourth-order valence-corrected chi connectivity index (χ4v) is 2.69. The summed E-state index contributed by atoms with van der Waals surface area (Å²) < 4.78 is 5.01. The highest BCUT2D eigenvalue weighted by Crippen LogP contribution is 2.23. The van der Waals surface area contributed by atoms with Crippen LogP contribution in [0.5, 0.6) is 0 Å². The third-order valence-corrected chi connectivity index (χ3v) is 4.19. The lowest BCUT2D eigenvalue weighted by Crippen LogP contribution is -2.43. The third-order valence-electron chi connectivity index (χ3n) is 3.22. The number of thioether (sulfide) groups is 1. The number of hydrogen-bond donors (Lipinski definition) is 2. The van der Waals surface area contributed by atoms with Gasteiger partial charge in [0.25, 0.3) is 5.91 Å². The number of esters is 1. The van der Waals surface area contributed by atoms with Crippen LogP contribution in [0.4, 0.5) is 4.79 Å². The van der Waals surface area contributed by atoms with Gasteiger partial charge in [0.1, 0.15) is 0 Å². The first-order valence-electron chi connectivity index (χ1n) is 7.33. The Kier molecular flexibility index (Phi) is 6.20. The molecule has 0 bridgehead atoms. The second kappa shape index (κ2) is 8.35. The van der Waals surface area contributed by atoms with E-state index in [-0.39, 0.29) is 5.75 Å². The standard InChI is InChI=1S/C17H18N2O4S/c1-11(16(21)19-17(22)18-2)23-15(20)10-24-14-8-7-12-5-3-4-6-13(12)9-14/h3-9,11H,10H2,1-2H3,(H2,18,19,21,22)/t11-/m0/s1. The predicted molar refractivity (Wildman–Crippen MR) is 92.8 cm³/mol. The van der Waals surface area contributed by atoms with E-state index >= 15 is 0 Å². The van der Waals surface area contributed by atoms with Crippen molar-refractivity contribution < 1.29 is 19.1 Å². The number of urea groups is 1. The van der Waals surface area contributed by atoms with Crippen molar-refractivity contribution in [2.24, 2.45) is 0 Å². The molecule has 1 atom stereocenters. The van der Waals surface area contributed by atoms with E-state index < -0.39 is 24.0 Å². The first-order chi connectivity index (χ1) is 11.5. The molecule has 2 rings (SSSR count). The number of fused-ring (bicyclic) bond motifs is 1. The van der Waals surface area contributed by atoms with Crippen LogP contribution < -0.4 is 10.6 Å². The Morgan fingerprint density at radius 1 is 1.12 bits per heavy atom. The molecule has 6 nitrogen and oxygen atoms in total. The molecule has 24 heavy (non-hydrogen) atoms. The summed E-state index contributed by atoms with van der Waals surface area (Å²) in [5, 5.41) is 6.53. The van der Waals surface area contributed by atoms with Crippen molar-refractivity contribution in [3.63, 3.8) is 0 Å². The van der Waals surface area contributed by atoms with Gasteiger partial charge in [-0.15, -0.1) is 11.8 Å². The average molecular weight is 346 g/mol. The third kappa shape index (κ3) is 4.99. The molecule has 0 aliphatic heterocycles. The first kappa shape index (κ1) is 17.8. The Labute approximate surface area is 143 Å². The SMILES string of the molecule is CNC(=O)NC(=O)[C@H](C)OC(=O)CSc1ccc2ccccc2c1. The largest absolute Gasteiger partial charge is 0.452 e. The lowest BCUT2D eigenvalue weighted by Gasteiger charge is -2.12. The molecular weight excluding hydrogens is 328 g/mol. The second-order valence-electron chi connectivity index (χ2n) is 5.00. The molecule has 0 saturated heterocycles. The number of carbonyl (C=O) groups excluding carboxylic acids is 3. The molecule has 7 heteroatoms. The maximum atomic E-state index is 11.8. The molecule has 0 aliphatic carbocycles. The number of benzene rings is 2. The zero-order chi connectivity index (χ0) is 17.5. The molecule has 0 fully saturated rings. The lowest BCUT2D eigenvalue weighted by molar-refractivity contribution is -0.151.